The van der Waals surface area contributed by atoms with E-state index >= 15 is 0 Å². The molecule has 2 unspecified atom stereocenters. The molecule has 0 aromatic heterocycles. The molecular weight excluding hydrogens is 314 g/mol. The molecule has 5 fully saturated rings. The van der Waals surface area contributed by atoms with Crippen LogP contribution in [0.25, 0.3) is 0 Å². The summed E-state index contributed by atoms with van der Waals surface area (Å²) in [6.45, 7) is 0.900. The zero-order valence-corrected chi connectivity index (χ0v) is 13.8. The molecule has 1 N–H and O–H groups in total. The molecule has 0 aromatic rings. The van der Waals surface area contributed by atoms with E-state index < -0.39 is 0 Å². The van der Waals surface area contributed by atoms with Crippen molar-refractivity contribution in [2.45, 2.75) is 56.2 Å². The molecular formula is C17H26BrNO. The number of halogens is 1. The Morgan fingerprint density at radius 2 is 1.65 bits per heavy atom. The summed E-state index contributed by atoms with van der Waals surface area (Å²) >= 11 is 3.76. The monoisotopic (exact) mass is 339 g/mol. The molecule has 0 heterocycles. The molecule has 5 rings (SSSR count). The molecule has 0 saturated heterocycles. The molecule has 5 aliphatic carbocycles. The molecule has 3 heteroatoms. The van der Waals surface area contributed by atoms with Crippen molar-refractivity contribution in [2.24, 2.45) is 35.5 Å². The largest absolute Gasteiger partial charge is 0.356 e. The van der Waals surface area contributed by atoms with Gasteiger partial charge in [0, 0.05) is 17.3 Å². The summed E-state index contributed by atoms with van der Waals surface area (Å²) in [5.41, 5.74) is 0. The Morgan fingerprint density at radius 1 is 1.00 bits per heavy atom. The molecule has 5 aliphatic rings. The van der Waals surface area contributed by atoms with Crippen molar-refractivity contribution in [3.8, 4) is 0 Å². The summed E-state index contributed by atoms with van der Waals surface area (Å²) in [6.07, 6.45) is 10.7. The first-order chi connectivity index (χ1) is 9.70. The van der Waals surface area contributed by atoms with Gasteiger partial charge in [-0.1, -0.05) is 22.4 Å². The van der Waals surface area contributed by atoms with Crippen molar-refractivity contribution in [2.75, 3.05) is 6.54 Å². The third-order valence-electron chi connectivity index (χ3n) is 6.63. The molecule has 112 valence electrons. The van der Waals surface area contributed by atoms with E-state index in [0.717, 1.165) is 30.2 Å². The average molecular weight is 340 g/mol. The maximum absolute atomic E-state index is 12.7. The molecule has 0 radical (unpaired) electrons. The smallest absolute Gasteiger partial charge is 0.223 e. The fraction of sp³-hybridized carbons (Fsp3) is 0.941. The summed E-state index contributed by atoms with van der Waals surface area (Å²) < 4.78 is 0. The number of nitrogens with one attached hydrogen (secondary N) is 1. The highest BCUT2D eigenvalue weighted by Crippen LogP contribution is 2.56. The van der Waals surface area contributed by atoms with Gasteiger partial charge in [0.1, 0.15) is 0 Å². The van der Waals surface area contributed by atoms with Crippen molar-refractivity contribution in [1.82, 2.24) is 5.32 Å². The zero-order chi connectivity index (χ0) is 13.7. The van der Waals surface area contributed by atoms with Crippen molar-refractivity contribution in [3.63, 3.8) is 0 Å². The predicted octanol–water partition coefficient (Wildman–Crippen LogP) is 3.74. The lowest BCUT2D eigenvalue weighted by atomic mass is 9.51. The van der Waals surface area contributed by atoms with Crippen molar-refractivity contribution in [1.29, 1.82) is 0 Å². The van der Waals surface area contributed by atoms with Crippen molar-refractivity contribution >= 4 is 21.8 Å². The van der Waals surface area contributed by atoms with E-state index in [1.165, 1.54) is 51.4 Å². The van der Waals surface area contributed by atoms with Crippen LogP contribution < -0.4 is 5.32 Å². The van der Waals surface area contributed by atoms with E-state index in [1.807, 2.05) is 0 Å². The fourth-order valence-electron chi connectivity index (χ4n) is 5.92. The normalized spacial score (nSPS) is 49.5. The molecule has 0 spiro atoms. The second-order valence-corrected chi connectivity index (χ2v) is 9.08. The van der Waals surface area contributed by atoms with E-state index in [1.54, 1.807) is 0 Å². The third-order valence-corrected chi connectivity index (χ3v) is 7.84. The summed E-state index contributed by atoms with van der Waals surface area (Å²) in [4.78, 5) is 13.3. The molecule has 5 saturated carbocycles. The standard InChI is InChI=1S/C17H26BrNO/c18-15-3-1-2-12(15)9-19-17(20)16-13-5-10-4-11(7-13)8-14(16)6-10/h10-16H,1-9H2,(H,19,20). The van der Waals surface area contributed by atoms with Crippen molar-refractivity contribution in [3.05, 3.63) is 0 Å². The Kier molecular flexibility index (Phi) is 3.60. The maximum Gasteiger partial charge on any atom is 0.223 e. The Hall–Kier alpha value is -0.0500. The van der Waals surface area contributed by atoms with E-state index in [-0.39, 0.29) is 0 Å². The molecule has 0 aromatic carbocycles. The van der Waals surface area contributed by atoms with Crippen LogP contribution in [0.1, 0.15) is 51.4 Å². The number of amides is 1. The van der Waals surface area contributed by atoms with Crippen LogP contribution in [0.15, 0.2) is 0 Å². The van der Waals surface area contributed by atoms with Crippen LogP contribution in [0.2, 0.25) is 0 Å². The highest BCUT2D eigenvalue weighted by Gasteiger charge is 2.50. The number of carbonyl (C=O) groups is 1. The Balaban J connectivity index is 1.36. The Labute approximate surface area is 130 Å². The summed E-state index contributed by atoms with van der Waals surface area (Å²) in [6, 6.07) is 0. The van der Waals surface area contributed by atoms with Crippen LogP contribution >= 0.6 is 15.9 Å². The summed E-state index contributed by atoms with van der Waals surface area (Å²) in [7, 11) is 0. The highest BCUT2D eigenvalue weighted by atomic mass is 79.9. The van der Waals surface area contributed by atoms with Gasteiger partial charge in [-0.25, -0.2) is 0 Å². The van der Waals surface area contributed by atoms with Crippen LogP contribution in [-0.4, -0.2) is 17.3 Å². The van der Waals surface area contributed by atoms with Gasteiger partial charge in [0.25, 0.3) is 0 Å². The second kappa shape index (κ2) is 5.30. The first kappa shape index (κ1) is 13.6. The lowest BCUT2D eigenvalue weighted by Crippen LogP contribution is -2.51. The number of hydrogen-bond donors (Lipinski definition) is 1. The van der Waals surface area contributed by atoms with Gasteiger partial charge in [-0.2, -0.15) is 0 Å². The molecule has 20 heavy (non-hydrogen) atoms. The van der Waals surface area contributed by atoms with Crippen LogP contribution in [-0.2, 0) is 4.79 Å². The van der Waals surface area contributed by atoms with Gasteiger partial charge in [-0.3, -0.25) is 4.79 Å². The number of rotatable bonds is 3. The first-order valence-corrected chi connectivity index (χ1v) is 9.54. The quantitative estimate of drug-likeness (QED) is 0.779. The summed E-state index contributed by atoms with van der Waals surface area (Å²) in [5, 5.41) is 3.31. The van der Waals surface area contributed by atoms with Crippen molar-refractivity contribution < 1.29 is 4.79 Å². The summed E-state index contributed by atoms with van der Waals surface area (Å²) in [5.74, 6) is 4.77. The second-order valence-electron chi connectivity index (χ2n) is 7.91. The van der Waals surface area contributed by atoms with E-state index in [9.17, 15) is 4.79 Å². The van der Waals surface area contributed by atoms with Gasteiger partial charge in [0.05, 0.1) is 0 Å². The van der Waals surface area contributed by atoms with E-state index in [2.05, 4.69) is 21.2 Å². The van der Waals surface area contributed by atoms with Gasteiger partial charge in [0.2, 0.25) is 5.91 Å². The molecule has 4 bridgehead atoms. The average Bonchev–Trinajstić information content (AvgIpc) is 2.80. The minimum Gasteiger partial charge on any atom is -0.356 e. The van der Waals surface area contributed by atoms with Gasteiger partial charge in [-0.05, 0) is 74.5 Å². The third kappa shape index (κ3) is 2.34. The van der Waals surface area contributed by atoms with E-state index in [0.29, 0.717) is 22.6 Å². The number of alkyl halides is 1. The highest BCUT2D eigenvalue weighted by molar-refractivity contribution is 9.09. The van der Waals surface area contributed by atoms with Crippen LogP contribution in [0, 0.1) is 35.5 Å². The first-order valence-electron chi connectivity index (χ1n) is 8.62. The van der Waals surface area contributed by atoms with Crippen LogP contribution in [0.3, 0.4) is 0 Å². The van der Waals surface area contributed by atoms with Gasteiger partial charge in [0.15, 0.2) is 0 Å². The fourth-order valence-corrected chi connectivity index (χ4v) is 6.70. The SMILES string of the molecule is O=C(NCC1CCCC1Br)C1C2CC3CC(C2)CC1C3. The van der Waals surface area contributed by atoms with Crippen LogP contribution in [0.5, 0.6) is 0 Å². The van der Waals surface area contributed by atoms with E-state index in [4.69, 9.17) is 0 Å². The predicted molar refractivity (Wildman–Crippen MR) is 83.6 cm³/mol. The molecule has 1 amide bonds. The lowest BCUT2D eigenvalue weighted by molar-refractivity contribution is -0.138. The topological polar surface area (TPSA) is 29.1 Å². The minimum atomic E-state index is 0.359. The molecule has 0 aliphatic heterocycles. The van der Waals surface area contributed by atoms with Gasteiger partial charge in [-0.15, -0.1) is 0 Å². The van der Waals surface area contributed by atoms with Gasteiger partial charge >= 0.3 is 0 Å². The zero-order valence-electron chi connectivity index (χ0n) is 12.2. The van der Waals surface area contributed by atoms with Gasteiger partial charge < -0.3 is 5.32 Å². The number of hydrogen-bond acceptors (Lipinski definition) is 1. The lowest BCUT2D eigenvalue weighted by Gasteiger charge is -2.53. The number of carbonyl (C=O) groups excluding carboxylic acids is 1. The minimum absolute atomic E-state index is 0.359. The maximum atomic E-state index is 12.7. The Bertz CT molecular complexity index is 368. The van der Waals surface area contributed by atoms with Crippen LogP contribution in [0.4, 0.5) is 0 Å². The molecule has 2 atom stereocenters. The molecule has 2 nitrogen and oxygen atoms in total. The Morgan fingerprint density at radius 3 is 2.20 bits per heavy atom.